The molecule has 0 aliphatic rings. The fraction of sp³-hybridized carbons (Fsp3) is 0.750. The molecule has 1 aromatic rings. The van der Waals surface area contributed by atoms with E-state index in [1.807, 2.05) is 18.2 Å². The Hall–Kier alpha value is -2.68. The largest absolute Gasteiger partial charge is 0.489 e. The molecule has 1 amide bonds. The van der Waals surface area contributed by atoms with Crippen molar-refractivity contribution < 1.29 is 71.5 Å². The third-order valence-electron chi connectivity index (χ3n) is 5.78. The third-order valence-corrected chi connectivity index (χ3v) is 5.78. The van der Waals surface area contributed by atoms with Crippen LogP contribution in [0.2, 0.25) is 0 Å². The number of nitrogen functional groups attached to an aromatic ring is 1. The summed E-state index contributed by atoms with van der Waals surface area (Å²) >= 11 is 0. The third kappa shape index (κ3) is 32.3. The van der Waals surface area contributed by atoms with E-state index >= 15 is 0 Å². The van der Waals surface area contributed by atoms with Crippen LogP contribution in [-0.4, -0.2) is 175 Å². The van der Waals surface area contributed by atoms with E-state index in [2.05, 4.69) is 10.1 Å². The highest BCUT2D eigenvalue weighted by molar-refractivity contribution is 5.77. The first kappa shape index (κ1) is 44.3. The molecule has 17 heteroatoms. The van der Waals surface area contributed by atoms with E-state index in [-0.39, 0.29) is 6.61 Å². The van der Waals surface area contributed by atoms with Crippen molar-refractivity contribution >= 4 is 17.6 Å². The highest BCUT2D eigenvalue weighted by Gasteiger charge is 2.03. The van der Waals surface area contributed by atoms with Crippen molar-refractivity contribution in [1.29, 1.82) is 0 Å². The average Bonchev–Trinajstić information content (AvgIpc) is 3.09. The molecule has 0 atom stereocenters. The number of nitrogens with two attached hydrogens (primary N) is 1. The molecule has 49 heavy (non-hydrogen) atoms. The molecule has 4 N–H and O–H groups in total. The number of anilines is 1. The maximum Gasteiger partial charge on any atom is 0.329 e. The van der Waals surface area contributed by atoms with E-state index in [9.17, 15) is 9.59 Å². The maximum atomic E-state index is 11.4. The van der Waals surface area contributed by atoms with Crippen LogP contribution in [-0.2, 0) is 61.7 Å². The SMILES string of the molecule is Nc1ccccc1OCCOCCOCCOCCOCCOCCOCCOCCOCCOCCOCCNC(=O)COCC(=O)O. The van der Waals surface area contributed by atoms with Gasteiger partial charge in [-0.3, -0.25) is 4.79 Å². The maximum absolute atomic E-state index is 11.4. The van der Waals surface area contributed by atoms with Gasteiger partial charge in [0.2, 0.25) is 5.91 Å². The lowest BCUT2D eigenvalue weighted by molar-refractivity contribution is -0.143. The van der Waals surface area contributed by atoms with Crippen molar-refractivity contribution in [3.8, 4) is 5.75 Å². The average molecular weight is 709 g/mol. The van der Waals surface area contributed by atoms with Gasteiger partial charge in [-0.2, -0.15) is 0 Å². The summed E-state index contributed by atoms with van der Waals surface area (Å²) < 4.78 is 64.6. The summed E-state index contributed by atoms with van der Waals surface area (Å²) in [5, 5.41) is 11.0. The Morgan fingerprint density at radius 1 is 0.490 bits per heavy atom. The number of carbonyl (C=O) groups is 2. The van der Waals surface area contributed by atoms with Crippen molar-refractivity contribution in [2.45, 2.75) is 0 Å². The van der Waals surface area contributed by atoms with Crippen LogP contribution in [0.4, 0.5) is 5.69 Å². The lowest BCUT2D eigenvalue weighted by atomic mass is 10.3. The highest BCUT2D eigenvalue weighted by Crippen LogP contribution is 2.19. The van der Waals surface area contributed by atoms with Crippen LogP contribution in [0.3, 0.4) is 0 Å². The Kier molecular flexibility index (Phi) is 31.8. The Bertz CT molecular complexity index is 900. The molecule has 284 valence electrons. The molecule has 0 unspecified atom stereocenters. The molecule has 0 aliphatic carbocycles. The molecule has 0 bridgehead atoms. The second-order valence-electron chi connectivity index (χ2n) is 9.75. The summed E-state index contributed by atoms with van der Waals surface area (Å²) in [5.41, 5.74) is 6.42. The second kappa shape index (κ2) is 35.2. The molecule has 1 rings (SSSR count). The number of carboxylic acid groups (broad SMARTS) is 1. The zero-order valence-corrected chi connectivity index (χ0v) is 28.5. The molecule has 0 aromatic heterocycles. The van der Waals surface area contributed by atoms with Crippen LogP contribution < -0.4 is 15.8 Å². The van der Waals surface area contributed by atoms with Gasteiger partial charge < -0.3 is 73.0 Å². The first-order chi connectivity index (χ1) is 24.1. The number of aliphatic carboxylic acids is 1. The van der Waals surface area contributed by atoms with Crippen LogP contribution in [0.5, 0.6) is 5.75 Å². The first-order valence-electron chi connectivity index (χ1n) is 16.4. The molecule has 0 radical (unpaired) electrons. The topological polar surface area (TPSA) is 203 Å². The van der Waals surface area contributed by atoms with Gasteiger partial charge in [-0.25, -0.2) is 4.79 Å². The number of carboxylic acids is 1. The molecular weight excluding hydrogens is 652 g/mol. The monoisotopic (exact) mass is 708 g/mol. The number of ether oxygens (including phenoxy) is 12. The molecule has 0 heterocycles. The van der Waals surface area contributed by atoms with Gasteiger partial charge in [-0.1, -0.05) is 12.1 Å². The first-order valence-corrected chi connectivity index (χ1v) is 16.4. The number of carbonyl (C=O) groups excluding carboxylic acids is 1. The number of rotatable bonds is 38. The number of hydrogen-bond acceptors (Lipinski definition) is 15. The van der Waals surface area contributed by atoms with Crippen molar-refractivity contribution in [2.75, 3.05) is 164 Å². The van der Waals surface area contributed by atoms with Crippen molar-refractivity contribution in [3.05, 3.63) is 24.3 Å². The van der Waals surface area contributed by atoms with E-state index < -0.39 is 18.5 Å². The van der Waals surface area contributed by atoms with Gasteiger partial charge in [0.1, 0.15) is 25.6 Å². The molecule has 0 fully saturated rings. The molecule has 0 spiro atoms. The number of para-hydroxylation sites is 2. The Morgan fingerprint density at radius 2 is 0.837 bits per heavy atom. The molecular formula is C32H56N2O15. The number of nitrogens with one attached hydrogen (secondary N) is 1. The van der Waals surface area contributed by atoms with Crippen molar-refractivity contribution in [1.82, 2.24) is 5.32 Å². The lowest BCUT2D eigenvalue weighted by Gasteiger charge is -2.10. The van der Waals surface area contributed by atoms with Crippen LogP contribution in [0.15, 0.2) is 24.3 Å². The van der Waals surface area contributed by atoms with Gasteiger partial charge in [0, 0.05) is 6.54 Å². The Balaban J connectivity index is 1.64. The van der Waals surface area contributed by atoms with E-state index in [0.29, 0.717) is 157 Å². The standard InChI is InChI=1S/C32H56N2O15/c33-29-3-1-2-4-30(29)49-26-25-47-24-23-46-22-21-45-20-19-44-18-17-43-16-15-42-14-13-41-12-11-40-10-9-39-8-7-38-6-5-34-31(35)27-48-28-32(36)37/h1-4H,5-28,33H2,(H,34,35)(H,36,37). The van der Waals surface area contributed by atoms with E-state index in [1.54, 1.807) is 6.07 Å². The zero-order valence-electron chi connectivity index (χ0n) is 28.5. The fourth-order valence-corrected chi connectivity index (χ4v) is 3.45. The second-order valence-corrected chi connectivity index (χ2v) is 9.75. The smallest absolute Gasteiger partial charge is 0.329 e. The summed E-state index contributed by atoms with van der Waals surface area (Å²) in [7, 11) is 0. The molecule has 17 nitrogen and oxygen atoms in total. The minimum absolute atomic E-state index is 0.298. The Morgan fingerprint density at radius 3 is 1.20 bits per heavy atom. The summed E-state index contributed by atoms with van der Waals surface area (Å²) in [5.74, 6) is -0.865. The summed E-state index contributed by atoms with van der Waals surface area (Å²) in [6, 6.07) is 7.35. The normalized spacial score (nSPS) is 11.2. The quantitative estimate of drug-likeness (QED) is 0.0613. The van der Waals surface area contributed by atoms with Gasteiger partial charge >= 0.3 is 5.97 Å². The van der Waals surface area contributed by atoms with Gasteiger partial charge in [0.05, 0.1) is 138 Å². The summed E-state index contributed by atoms with van der Waals surface area (Å²) in [6.07, 6.45) is 0. The van der Waals surface area contributed by atoms with Gasteiger partial charge in [0.25, 0.3) is 0 Å². The number of hydrogen-bond donors (Lipinski definition) is 3. The van der Waals surface area contributed by atoms with Crippen LogP contribution >= 0.6 is 0 Å². The van der Waals surface area contributed by atoms with E-state index in [1.165, 1.54) is 0 Å². The van der Waals surface area contributed by atoms with Crippen molar-refractivity contribution in [2.24, 2.45) is 0 Å². The predicted octanol–water partition coefficient (Wildman–Crippen LogP) is 0.0310. The van der Waals surface area contributed by atoms with Gasteiger partial charge in [-0.15, -0.1) is 0 Å². The highest BCUT2D eigenvalue weighted by atomic mass is 16.6. The minimum atomic E-state index is -1.12. The zero-order chi connectivity index (χ0) is 35.3. The van der Waals surface area contributed by atoms with Gasteiger partial charge in [0.15, 0.2) is 0 Å². The molecule has 0 saturated carbocycles. The number of benzene rings is 1. The molecule has 0 saturated heterocycles. The Labute approximate surface area is 288 Å². The molecule has 1 aromatic carbocycles. The lowest BCUT2D eigenvalue weighted by Crippen LogP contribution is -2.31. The minimum Gasteiger partial charge on any atom is -0.489 e. The van der Waals surface area contributed by atoms with Gasteiger partial charge in [-0.05, 0) is 12.1 Å². The fourth-order valence-electron chi connectivity index (χ4n) is 3.45. The van der Waals surface area contributed by atoms with Crippen molar-refractivity contribution in [3.63, 3.8) is 0 Å². The van der Waals surface area contributed by atoms with E-state index in [0.717, 1.165) is 0 Å². The van der Waals surface area contributed by atoms with Crippen LogP contribution in [0.1, 0.15) is 0 Å². The molecule has 0 aliphatic heterocycles. The number of amides is 1. The van der Waals surface area contributed by atoms with E-state index in [4.69, 9.17) is 62.9 Å². The summed E-state index contributed by atoms with van der Waals surface area (Å²) in [4.78, 5) is 21.6. The predicted molar refractivity (Wildman–Crippen MR) is 176 cm³/mol. The van der Waals surface area contributed by atoms with Crippen LogP contribution in [0.25, 0.3) is 0 Å². The van der Waals surface area contributed by atoms with Crippen LogP contribution in [0, 0.1) is 0 Å². The summed E-state index contributed by atoms with van der Waals surface area (Å²) in [6.45, 7) is 9.03.